The molecule has 5 nitrogen and oxygen atoms in total. The lowest BCUT2D eigenvalue weighted by Crippen LogP contribution is -2.01. The Balaban J connectivity index is 2.09. The third kappa shape index (κ3) is 2.97. The zero-order valence-corrected chi connectivity index (χ0v) is 11.1. The van der Waals surface area contributed by atoms with E-state index in [4.69, 9.17) is 4.74 Å². The van der Waals surface area contributed by atoms with Crippen molar-refractivity contribution < 1.29 is 9.37 Å². The summed E-state index contributed by atoms with van der Waals surface area (Å²) >= 11 is 3.42. The van der Waals surface area contributed by atoms with Crippen molar-refractivity contribution in [2.24, 2.45) is 0 Å². The van der Waals surface area contributed by atoms with Gasteiger partial charge < -0.3 is 10.1 Å². The normalized spacial score (nSPS) is 10.3. The van der Waals surface area contributed by atoms with Crippen LogP contribution in [0.3, 0.4) is 0 Å². The molecule has 0 saturated heterocycles. The summed E-state index contributed by atoms with van der Waals surface area (Å²) in [5.74, 6) is 0.789. The summed E-state index contributed by atoms with van der Waals surface area (Å²) in [7, 11) is 1.64. The Bertz CT molecular complexity index is 513. The van der Waals surface area contributed by atoms with Crippen LogP contribution in [0.15, 0.2) is 27.3 Å². The maximum atomic E-state index is 5.18. The molecule has 0 amide bonds. The Morgan fingerprint density at radius 3 is 2.82 bits per heavy atom. The van der Waals surface area contributed by atoms with E-state index in [1.165, 1.54) is 0 Å². The second kappa shape index (κ2) is 5.18. The standard InChI is InChI=1S/C11H12BrN3O2/c1-7-11(15-17-14-7)6-13-9-3-8(12)4-10(5-9)16-2/h3-5,13H,6H2,1-2H3. The highest BCUT2D eigenvalue weighted by molar-refractivity contribution is 9.10. The molecule has 90 valence electrons. The Hall–Kier alpha value is -1.56. The van der Waals surface area contributed by atoms with Crippen molar-refractivity contribution in [3.8, 4) is 5.75 Å². The molecule has 0 aliphatic carbocycles. The van der Waals surface area contributed by atoms with Crippen LogP contribution in [0.4, 0.5) is 5.69 Å². The molecule has 1 aromatic carbocycles. The second-order valence-corrected chi connectivity index (χ2v) is 4.45. The number of methoxy groups -OCH3 is 1. The van der Waals surface area contributed by atoms with Gasteiger partial charge >= 0.3 is 0 Å². The van der Waals surface area contributed by atoms with E-state index in [0.717, 1.165) is 27.3 Å². The van der Waals surface area contributed by atoms with Crippen molar-refractivity contribution in [3.05, 3.63) is 34.1 Å². The van der Waals surface area contributed by atoms with Crippen LogP contribution in [0, 0.1) is 6.92 Å². The molecule has 0 spiro atoms. The molecule has 0 radical (unpaired) electrons. The summed E-state index contributed by atoms with van der Waals surface area (Å²) in [6, 6.07) is 5.77. The Morgan fingerprint density at radius 1 is 1.35 bits per heavy atom. The van der Waals surface area contributed by atoms with Crippen LogP contribution in [0.2, 0.25) is 0 Å². The van der Waals surface area contributed by atoms with Crippen molar-refractivity contribution in [2.45, 2.75) is 13.5 Å². The first-order valence-electron chi connectivity index (χ1n) is 5.05. The van der Waals surface area contributed by atoms with Gasteiger partial charge in [-0.15, -0.1) is 0 Å². The van der Waals surface area contributed by atoms with E-state index in [1.807, 2.05) is 25.1 Å². The number of halogens is 1. The SMILES string of the molecule is COc1cc(Br)cc(NCc2nonc2C)c1. The van der Waals surface area contributed by atoms with Gasteiger partial charge in [-0.2, -0.15) is 0 Å². The number of hydrogen-bond acceptors (Lipinski definition) is 5. The third-order valence-electron chi connectivity index (χ3n) is 2.31. The fraction of sp³-hybridized carbons (Fsp3) is 0.273. The van der Waals surface area contributed by atoms with Crippen molar-refractivity contribution in [1.82, 2.24) is 10.3 Å². The van der Waals surface area contributed by atoms with Crippen LogP contribution < -0.4 is 10.1 Å². The molecule has 0 bridgehead atoms. The molecule has 0 saturated carbocycles. The van der Waals surface area contributed by atoms with Gasteiger partial charge in [0.05, 0.1) is 13.7 Å². The summed E-state index contributed by atoms with van der Waals surface area (Å²) < 4.78 is 10.8. The topological polar surface area (TPSA) is 60.2 Å². The van der Waals surface area contributed by atoms with Crippen molar-refractivity contribution in [3.63, 3.8) is 0 Å². The smallest absolute Gasteiger partial charge is 0.127 e. The molecular weight excluding hydrogens is 286 g/mol. The zero-order chi connectivity index (χ0) is 12.3. The Labute approximate surface area is 107 Å². The van der Waals surface area contributed by atoms with E-state index in [-0.39, 0.29) is 0 Å². The predicted octanol–water partition coefficient (Wildman–Crippen LogP) is 2.76. The van der Waals surface area contributed by atoms with Crippen LogP contribution in [-0.4, -0.2) is 17.4 Å². The van der Waals surface area contributed by atoms with E-state index in [2.05, 4.69) is 36.2 Å². The number of benzene rings is 1. The minimum absolute atomic E-state index is 0.564. The van der Waals surface area contributed by atoms with Gasteiger partial charge in [-0.05, 0) is 19.1 Å². The minimum atomic E-state index is 0.564. The summed E-state index contributed by atoms with van der Waals surface area (Å²) in [6.07, 6.45) is 0. The van der Waals surface area contributed by atoms with Crippen LogP contribution in [-0.2, 0) is 6.54 Å². The minimum Gasteiger partial charge on any atom is -0.497 e. The molecule has 0 fully saturated rings. The lowest BCUT2D eigenvalue weighted by molar-refractivity contribution is 0.301. The molecule has 0 atom stereocenters. The Morgan fingerprint density at radius 2 is 2.18 bits per heavy atom. The van der Waals surface area contributed by atoms with Crippen LogP contribution >= 0.6 is 15.9 Å². The van der Waals surface area contributed by atoms with Gasteiger partial charge in [-0.3, -0.25) is 0 Å². The summed E-state index contributed by atoms with van der Waals surface area (Å²) in [5, 5.41) is 10.8. The molecule has 2 aromatic rings. The molecule has 6 heteroatoms. The van der Waals surface area contributed by atoms with E-state index in [0.29, 0.717) is 6.54 Å². The van der Waals surface area contributed by atoms with E-state index >= 15 is 0 Å². The number of nitrogens with zero attached hydrogens (tertiary/aromatic N) is 2. The molecule has 1 heterocycles. The molecule has 1 N–H and O–H groups in total. The van der Waals surface area contributed by atoms with Gasteiger partial charge in [0, 0.05) is 16.2 Å². The van der Waals surface area contributed by atoms with Crippen molar-refractivity contribution in [2.75, 3.05) is 12.4 Å². The average Bonchev–Trinajstić information content (AvgIpc) is 2.71. The summed E-state index contributed by atoms with van der Waals surface area (Å²) in [5.41, 5.74) is 2.53. The molecule has 0 aliphatic heterocycles. The molecule has 0 unspecified atom stereocenters. The molecule has 17 heavy (non-hydrogen) atoms. The first kappa shape index (κ1) is 11.9. The van der Waals surface area contributed by atoms with Crippen LogP contribution in [0.5, 0.6) is 5.75 Å². The predicted molar refractivity (Wildman–Crippen MR) is 67.1 cm³/mol. The van der Waals surface area contributed by atoms with Gasteiger partial charge in [-0.25, -0.2) is 4.63 Å². The number of aromatic nitrogens is 2. The first-order chi connectivity index (χ1) is 8.19. The fourth-order valence-electron chi connectivity index (χ4n) is 1.38. The lowest BCUT2D eigenvalue weighted by atomic mass is 10.3. The number of ether oxygens (including phenoxy) is 1. The fourth-order valence-corrected chi connectivity index (χ4v) is 1.85. The van der Waals surface area contributed by atoms with Gasteiger partial charge in [0.25, 0.3) is 0 Å². The highest BCUT2D eigenvalue weighted by Crippen LogP contribution is 2.24. The van der Waals surface area contributed by atoms with E-state index in [1.54, 1.807) is 7.11 Å². The Kier molecular flexibility index (Phi) is 3.63. The van der Waals surface area contributed by atoms with E-state index in [9.17, 15) is 0 Å². The monoisotopic (exact) mass is 297 g/mol. The van der Waals surface area contributed by atoms with E-state index < -0.39 is 0 Å². The number of aryl methyl sites for hydroxylation is 1. The lowest BCUT2D eigenvalue weighted by Gasteiger charge is -2.07. The summed E-state index contributed by atoms with van der Waals surface area (Å²) in [4.78, 5) is 0. The summed E-state index contributed by atoms with van der Waals surface area (Å²) in [6.45, 7) is 2.42. The maximum absolute atomic E-state index is 5.18. The maximum Gasteiger partial charge on any atom is 0.127 e. The third-order valence-corrected chi connectivity index (χ3v) is 2.77. The number of hydrogen-bond donors (Lipinski definition) is 1. The highest BCUT2D eigenvalue weighted by atomic mass is 79.9. The van der Waals surface area contributed by atoms with Crippen molar-refractivity contribution in [1.29, 1.82) is 0 Å². The number of anilines is 1. The van der Waals surface area contributed by atoms with Gasteiger partial charge in [0.15, 0.2) is 0 Å². The van der Waals surface area contributed by atoms with Crippen LogP contribution in [0.1, 0.15) is 11.4 Å². The molecule has 2 rings (SSSR count). The molecule has 1 aromatic heterocycles. The molecule has 0 aliphatic rings. The molecular formula is C11H12BrN3O2. The quantitative estimate of drug-likeness (QED) is 0.940. The second-order valence-electron chi connectivity index (χ2n) is 3.53. The van der Waals surface area contributed by atoms with Gasteiger partial charge in [0.1, 0.15) is 17.1 Å². The number of nitrogens with one attached hydrogen (secondary N) is 1. The van der Waals surface area contributed by atoms with Gasteiger partial charge in [0.2, 0.25) is 0 Å². The van der Waals surface area contributed by atoms with Gasteiger partial charge in [-0.1, -0.05) is 26.2 Å². The highest BCUT2D eigenvalue weighted by Gasteiger charge is 2.05. The zero-order valence-electron chi connectivity index (χ0n) is 9.53. The van der Waals surface area contributed by atoms with Crippen molar-refractivity contribution >= 4 is 21.6 Å². The number of rotatable bonds is 4. The first-order valence-corrected chi connectivity index (χ1v) is 5.85. The average molecular weight is 298 g/mol. The largest absolute Gasteiger partial charge is 0.497 e. The van der Waals surface area contributed by atoms with Crippen LogP contribution in [0.25, 0.3) is 0 Å².